The van der Waals surface area contributed by atoms with Crippen molar-refractivity contribution in [3.63, 3.8) is 0 Å². The van der Waals surface area contributed by atoms with E-state index in [1.54, 1.807) is 58.0 Å². The molecule has 1 aliphatic carbocycles. The zero-order chi connectivity index (χ0) is 19.9. The van der Waals surface area contributed by atoms with Crippen LogP contribution in [0.2, 0.25) is 0 Å². The number of carbonyl (C=O) groups is 1. The van der Waals surface area contributed by atoms with Crippen molar-refractivity contribution in [1.29, 1.82) is 0 Å². The SMILES string of the molecule is CC(C)(C)OC(=O)Nc1ccc2ccn(S(=O)(=O)C3(C)C=CC=CC3)c2n1. The first kappa shape index (κ1) is 19.2. The van der Waals surface area contributed by atoms with Gasteiger partial charge in [-0.3, -0.25) is 5.32 Å². The van der Waals surface area contributed by atoms with Crippen molar-refractivity contribution in [1.82, 2.24) is 8.96 Å². The van der Waals surface area contributed by atoms with Gasteiger partial charge in [0.2, 0.25) is 10.0 Å². The number of nitrogens with zero attached hydrogens (tertiary/aromatic N) is 2. The normalized spacial score (nSPS) is 20.0. The molecule has 1 N–H and O–H groups in total. The Kier molecular flexibility index (Phi) is 4.63. The minimum atomic E-state index is -3.75. The summed E-state index contributed by atoms with van der Waals surface area (Å²) in [4.78, 5) is 16.3. The summed E-state index contributed by atoms with van der Waals surface area (Å²) in [7, 11) is -3.75. The average molecular weight is 389 g/mol. The summed E-state index contributed by atoms with van der Waals surface area (Å²) >= 11 is 0. The number of rotatable bonds is 3. The van der Waals surface area contributed by atoms with Crippen molar-refractivity contribution in [2.24, 2.45) is 0 Å². The Hall–Kier alpha value is -2.61. The number of allylic oxidation sites excluding steroid dienone is 3. The molecule has 0 saturated heterocycles. The van der Waals surface area contributed by atoms with Crippen molar-refractivity contribution in [3.05, 3.63) is 48.7 Å². The van der Waals surface area contributed by atoms with Crippen LogP contribution in [-0.4, -0.2) is 33.8 Å². The number of aromatic nitrogens is 2. The first-order chi connectivity index (χ1) is 12.5. The Morgan fingerprint density at radius 1 is 1.26 bits per heavy atom. The molecule has 0 saturated carbocycles. The summed E-state index contributed by atoms with van der Waals surface area (Å²) in [6.07, 6.45) is 8.27. The molecule has 0 fully saturated rings. The Morgan fingerprint density at radius 3 is 2.63 bits per heavy atom. The quantitative estimate of drug-likeness (QED) is 0.861. The monoisotopic (exact) mass is 389 g/mol. The lowest BCUT2D eigenvalue weighted by Crippen LogP contribution is -2.37. The first-order valence-corrected chi connectivity index (χ1v) is 10.0. The number of fused-ring (bicyclic) bond motifs is 1. The van der Waals surface area contributed by atoms with Crippen molar-refractivity contribution >= 4 is 33.0 Å². The maximum absolute atomic E-state index is 13.2. The molecule has 2 heterocycles. The van der Waals surface area contributed by atoms with E-state index in [0.29, 0.717) is 11.8 Å². The molecule has 2 aromatic rings. The highest BCUT2D eigenvalue weighted by atomic mass is 32.2. The molecule has 1 unspecified atom stereocenters. The van der Waals surface area contributed by atoms with E-state index in [1.165, 1.54) is 10.2 Å². The number of carbonyl (C=O) groups excluding carboxylic acids is 1. The van der Waals surface area contributed by atoms with Gasteiger partial charge in [-0.05, 0) is 52.3 Å². The third-order valence-corrected chi connectivity index (χ3v) is 6.49. The van der Waals surface area contributed by atoms with Crippen molar-refractivity contribution < 1.29 is 17.9 Å². The summed E-state index contributed by atoms with van der Waals surface area (Å²) in [5.74, 6) is 0.219. The fourth-order valence-electron chi connectivity index (χ4n) is 2.78. The lowest BCUT2D eigenvalue weighted by Gasteiger charge is -2.27. The fraction of sp³-hybridized carbons (Fsp3) is 0.368. The van der Waals surface area contributed by atoms with Gasteiger partial charge < -0.3 is 4.74 Å². The Morgan fingerprint density at radius 2 is 2.00 bits per heavy atom. The van der Waals surface area contributed by atoms with Gasteiger partial charge in [0.15, 0.2) is 5.65 Å². The number of anilines is 1. The van der Waals surface area contributed by atoms with Crippen molar-refractivity contribution in [2.75, 3.05) is 5.32 Å². The number of pyridine rings is 1. The van der Waals surface area contributed by atoms with Gasteiger partial charge in [-0.2, -0.15) is 0 Å². The molecule has 1 atom stereocenters. The third-order valence-electron chi connectivity index (χ3n) is 4.20. The maximum atomic E-state index is 13.2. The number of nitrogens with one attached hydrogen (secondary N) is 1. The molecule has 0 aliphatic heterocycles. The zero-order valence-electron chi connectivity index (χ0n) is 15.8. The van der Waals surface area contributed by atoms with Crippen LogP contribution in [0.1, 0.15) is 34.1 Å². The van der Waals surface area contributed by atoms with Crippen LogP contribution in [0.3, 0.4) is 0 Å². The summed E-state index contributed by atoms with van der Waals surface area (Å²) in [5.41, 5.74) is -0.389. The highest BCUT2D eigenvalue weighted by molar-refractivity contribution is 7.91. The molecule has 1 aliphatic rings. The van der Waals surface area contributed by atoms with Crippen LogP contribution in [0.15, 0.2) is 48.7 Å². The topological polar surface area (TPSA) is 90.3 Å². The molecule has 0 aromatic carbocycles. The van der Waals surface area contributed by atoms with Crippen LogP contribution in [0.5, 0.6) is 0 Å². The van der Waals surface area contributed by atoms with Gasteiger partial charge in [0, 0.05) is 11.6 Å². The van der Waals surface area contributed by atoms with E-state index >= 15 is 0 Å². The van der Waals surface area contributed by atoms with Gasteiger partial charge in [0.1, 0.15) is 16.2 Å². The number of ether oxygens (including phenoxy) is 1. The molecule has 144 valence electrons. The van der Waals surface area contributed by atoms with E-state index in [0.717, 1.165) is 0 Å². The maximum Gasteiger partial charge on any atom is 0.413 e. The summed E-state index contributed by atoms with van der Waals surface area (Å²) in [5, 5.41) is 3.20. The molecule has 2 aromatic heterocycles. The van der Waals surface area contributed by atoms with Gasteiger partial charge in [-0.1, -0.05) is 24.3 Å². The van der Waals surface area contributed by atoms with E-state index < -0.39 is 26.5 Å². The van der Waals surface area contributed by atoms with Gasteiger partial charge >= 0.3 is 6.09 Å². The van der Waals surface area contributed by atoms with E-state index in [-0.39, 0.29) is 11.5 Å². The van der Waals surface area contributed by atoms with Crippen molar-refractivity contribution in [2.45, 2.75) is 44.5 Å². The van der Waals surface area contributed by atoms with Crippen LogP contribution in [-0.2, 0) is 14.8 Å². The second kappa shape index (κ2) is 6.53. The van der Waals surface area contributed by atoms with Gasteiger partial charge in [0.25, 0.3) is 0 Å². The number of amides is 1. The summed E-state index contributed by atoms with van der Waals surface area (Å²) < 4.78 is 31.8. The van der Waals surface area contributed by atoms with Crippen LogP contribution in [0.25, 0.3) is 11.0 Å². The Bertz CT molecular complexity index is 1040. The molecule has 8 heteroatoms. The van der Waals surface area contributed by atoms with E-state index in [2.05, 4.69) is 10.3 Å². The number of hydrogen-bond donors (Lipinski definition) is 1. The van der Waals surface area contributed by atoms with Crippen LogP contribution < -0.4 is 5.32 Å². The Balaban J connectivity index is 1.97. The second-order valence-electron chi connectivity index (χ2n) is 7.66. The van der Waals surface area contributed by atoms with Gasteiger partial charge in [-0.15, -0.1) is 0 Å². The molecule has 0 radical (unpaired) electrons. The molecule has 3 rings (SSSR count). The van der Waals surface area contributed by atoms with Gasteiger partial charge in [-0.25, -0.2) is 22.2 Å². The summed E-state index contributed by atoms with van der Waals surface area (Å²) in [6.45, 7) is 6.95. The van der Waals surface area contributed by atoms with E-state index in [1.807, 2.05) is 12.2 Å². The fourth-order valence-corrected chi connectivity index (χ4v) is 4.38. The second-order valence-corrected chi connectivity index (χ2v) is 9.93. The first-order valence-electron chi connectivity index (χ1n) is 8.59. The highest BCUT2D eigenvalue weighted by Crippen LogP contribution is 2.31. The molecular weight excluding hydrogens is 366 g/mol. The highest BCUT2D eigenvalue weighted by Gasteiger charge is 2.38. The standard InChI is InChI=1S/C19H23N3O4S/c1-18(2,3)26-17(23)21-15-9-8-14-10-13-22(16(14)20-15)27(24,25)19(4)11-6-5-7-12-19/h5-11,13H,12H2,1-4H3,(H,20,21,23). The molecule has 0 spiro atoms. The minimum Gasteiger partial charge on any atom is -0.444 e. The predicted molar refractivity (Wildman–Crippen MR) is 105 cm³/mol. The molecule has 1 amide bonds. The smallest absolute Gasteiger partial charge is 0.413 e. The van der Waals surface area contributed by atoms with Crippen LogP contribution >= 0.6 is 0 Å². The molecule has 0 bridgehead atoms. The predicted octanol–water partition coefficient (Wildman–Crippen LogP) is 3.84. The van der Waals surface area contributed by atoms with Crippen LogP contribution in [0, 0.1) is 0 Å². The van der Waals surface area contributed by atoms with E-state index in [9.17, 15) is 13.2 Å². The third kappa shape index (κ3) is 3.75. The number of hydrogen-bond acceptors (Lipinski definition) is 5. The van der Waals surface area contributed by atoms with Crippen LogP contribution in [0.4, 0.5) is 10.6 Å². The zero-order valence-corrected chi connectivity index (χ0v) is 16.6. The molecular formula is C19H23N3O4S. The Labute approximate surface area is 158 Å². The average Bonchev–Trinajstić information content (AvgIpc) is 2.97. The minimum absolute atomic E-state index is 0.219. The largest absolute Gasteiger partial charge is 0.444 e. The molecule has 7 nitrogen and oxygen atoms in total. The summed E-state index contributed by atoms with van der Waals surface area (Å²) in [6, 6.07) is 5.00. The van der Waals surface area contributed by atoms with E-state index in [4.69, 9.17) is 4.74 Å². The van der Waals surface area contributed by atoms with Gasteiger partial charge in [0.05, 0.1) is 0 Å². The lowest BCUT2D eigenvalue weighted by molar-refractivity contribution is 0.0635. The molecule has 27 heavy (non-hydrogen) atoms. The lowest BCUT2D eigenvalue weighted by atomic mass is 10.0. The van der Waals surface area contributed by atoms with Crippen molar-refractivity contribution in [3.8, 4) is 0 Å².